The largest absolute Gasteiger partial charge is 0.378 e. The molecule has 1 heterocycles. The van der Waals surface area contributed by atoms with E-state index in [1.807, 2.05) is 10.9 Å². The molecule has 1 aromatic carbocycles. The molecule has 0 aliphatic rings. The van der Waals surface area contributed by atoms with Gasteiger partial charge in [0, 0.05) is 28.5 Å². The first kappa shape index (κ1) is 13.1. The summed E-state index contributed by atoms with van der Waals surface area (Å²) >= 11 is 3.51. The first-order valence-corrected chi connectivity index (χ1v) is 6.94. The van der Waals surface area contributed by atoms with Crippen molar-refractivity contribution in [1.29, 1.82) is 0 Å². The van der Waals surface area contributed by atoms with Gasteiger partial charge < -0.3 is 5.32 Å². The van der Waals surface area contributed by atoms with Crippen LogP contribution in [0.2, 0.25) is 0 Å². The van der Waals surface area contributed by atoms with Crippen molar-refractivity contribution < 1.29 is 0 Å². The van der Waals surface area contributed by atoms with Crippen molar-refractivity contribution in [2.45, 2.75) is 33.4 Å². The normalized spacial score (nSPS) is 12.4. The van der Waals surface area contributed by atoms with E-state index in [-0.39, 0.29) is 6.04 Å². The van der Waals surface area contributed by atoms with Crippen molar-refractivity contribution in [3.05, 3.63) is 46.2 Å². The molecule has 0 aliphatic carbocycles. The van der Waals surface area contributed by atoms with Crippen LogP contribution in [0.4, 0.5) is 5.69 Å². The molecular weight excluding hydrogens is 290 g/mol. The maximum absolute atomic E-state index is 4.30. The van der Waals surface area contributed by atoms with Crippen LogP contribution in [0.15, 0.2) is 35.1 Å². The van der Waals surface area contributed by atoms with Crippen LogP contribution >= 0.6 is 15.9 Å². The first-order chi connectivity index (χ1) is 8.60. The highest BCUT2D eigenvalue weighted by molar-refractivity contribution is 9.10. The van der Waals surface area contributed by atoms with Gasteiger partial charge in [-0.15, -0.1) is 0 Å². The lowest BCUT2D eigenvalue weighted by molar-refractivity contribution is 0.658. The smallest absolute Gasteiger partial charge is 0.0542 e. The van der Waals surface area contributed by atoms with Crippen LogP contribution in [0.1, 0.15) is 31.0 Å². The summed E-state index contributed by atoms with van der Waals surface area (Å²) in [6.07, 6.45) is 4.01. The fourth-order valence-corrected chi connectivity index (χ4v) is 2.09. The van der Waals surface area contributed by atoms with Gasteiger partial charge in [-0.05, 0) is 44.5 Å². The van der Waals surface area contributed by atoms with E-state index in [1.165, 1.54) is 11.1 Å². The number of hydrogen-bond donors (Lipinski definition) is 1. The summed E-state index contributed by atoms with van der Waals surface area (Å²) in [6, 6.07) is 6.55. The summed E-state index contributed by atoms with van der Waals surface area (Å²) < 4.78 is 3.08. The van der Waals surface area contributed by atoms with Crippen molar-refractivity contribution in [2.24, 2.45) is 0 Å². The summed E-state index contributed by atoms with van der Waals surface area (Å²) in [5.74, 6) is 0. The van der Waals surface area contributed by atoms with E-state index in [0.29, 0.717) is 0 Å². The van der Waals surface area contributed by atoms with E-state index in [2.05, 4.69) is 71.5 Å². The number of aryl methyl sites for hydroxylation is 2. The Balaban J connectivity index is 2.10. The molecule has 1 atom stereocenters. The Morgan fingerprint density at radius 1 is 1.44 bits per heavy atom. The fourth-order valence-electron chi connectivity index (χ4n) is 1.84. The minimum Gasteiger partial charge on any atom is -0.378 e. The van der Waals surface area contributed by atoms with Crippen molar-refractivity contribution >= 4 is 21.6 Å². The van der Waals surface area contributed by atoms with Crippen molar-refractivity contribution in [3.8, 4) is 0 Å². The number of hydrogen-bond acceptors (Lipinski definition) is 2. The summed E-state index contributed by atoms with van der Waals surface area (Å²) in [4.78, 5) is 0. The molecule has 0 amide bonds. The van der Waals surface area contributed by atoms with E-state index in [4.69, 9.17) is 0 Å². The average Bonchev–Trinajstić information content (AvgIpc) is 2.82. The van der Waals surface area contributed by atoms with Gasteiger partial charge in [0.2, 0.25) is 0 Å². The Labute approximate surface area is 116 Å². The Hall–Kier alpha value is -1.29. The lowest BCUT2D eigenvalue weighted by Crippen LogP contribution is -2.06. The number of nitrogens with zero attached hydrogens (tertiary/aromatic N) is 2. The Bertz CT molecular complexity index is 534. The molecule has 0 bridgehead atoms. The minimum atomic E-state index is 0.255. The van der Waals surface area contributed by atoms with Crippen molar-refractivity contribution in [2.75, 3.05) is 5.32 Å². The number of benzene rings is 1. The number of anilines is 1. The van der Waals surface area contributed by atoms with Crippen LogP contribution in [0.3, 0.4) is 0 Å². The highest BCUT2D eigenvalue weighted by atomic mass is 79.9. The summed E-state index contributed by atoms with van der Waals surface area (Å²) in [7, 11) is 0. The van der Waals surface area contributed by atoms with Crippen molar-refractivity contribution in [3.63, 3.8) is 0 Å². The maximum Gasteiger partial charge on any atom is 0.0542 e. The third-order valence-corrected chi connectivity index (χ3v) is 3.91. The molecule has 18 heavy (non-hydrogen) atoms. The third kappa shape index (κ3) is 2.93. The zero-order valence-electron chi connectivity index (χ0n) is 10.9. The van der Waals surface area contributed by atoms with E-state index < -0.39 is 0 Å². The van der Waals surface area contributed by atoms with E-state index >= 15 is 0 Å². The molecule has 3 nitrogen and oxygen atoms in total. The summed E-state index contributed by atoms with van der Waals surface area (Å²) in [5, 5.41) is 7.79. The zero-order chi connectivity index (χ0) is 13.1. The van der Waals surface area contributed by atoms with Gasteiger partial charge in [-0.3, -0.25) is 4.68 Å². The van der Waals surface area contributed by atoms with Crippen LogP contribution in [-0.2, 0) is 6.54 Å². The molecule has 0 spiro atoms. The maximum atomic E-state index is 4.30. The molecule has 4 heteroatoms. The molecule has 0 fully saturated rings. The van der Waals surface area contributed by atoms with Gasteiger partial charge in [0.05, 0.1) is 12.2 Å². The summed E-state index contributed by atoms with van der Waals surface area (Å²) in [6.45, 7) is 7.24. The van der Waals surface area contributed by atoms with E-state index in [9.17, 15) is 0 Å². The number of nitrogens with one attached hydrogen (secondary N) is 1. The molecule has 1 unspecified atom stereocenters. The molecule has 0 saturated heterocycles. The van der Waals surface area contributed by atoms with Crippen molar-refractivity contribution in [1.82, 2.24) is 9.78 Å². The van der Waals surface area contributed by atoms with E-state index in [0.717, 1.165) is 16.7 Å². The summed E-state index contributed by atoms with van der Waals surface area (Å²) in [5.41, 5.74) is 3.57. The molecule has 0 radical (unpaired) electrons. The fraction of sp³-hybridized carbons (Fsp3) is 0.357. The van der Waals surface area contributed by atoms with Crippen LogP contribution < -0.4 is 5.32 Å². The molecular formula is C14H18BrN3. The quantitative estimate of drug-likeness (QED) is 0.919. The van der Waals surface area contributed by atoms with Gasteiger partial charge >= 0.3 is 0 Å². The lowest BCUT2D eigenvalue weighted by atomic mass is 10.1. The van der Waals surface area contributed by atoms with Gasteiger partial charge in [0.25, 0.3) is 0 Å². The monoisotopic (exact) mass is 307 g/mol. The minimum absolute atomic E-state index is 0.255. The SMILES string of the molecule is CCn1cc(C(C)Nc2ccc(Br)c(C)c2)cn1. The van der Waals surface area contributed by atoms with Crippen LogP contribution in [0.25, 0.3) is 0 Å². The number of rotatable bonds is 4. The van der Waals surface area contributed by atoms with Crippen LogP contribution in [-0.4, -0.2) is 9.78 Å². The Morgan fingerprint density at radius 2 is 2.22 bits per heavy atom. The van der Waals surface area contributed by atoms with Crippen LogP contribution in [0.5, 0.6) is 0 Å². The number of halogens is 1. The Morgan fingerprint density at radius 3 is 2.83 bits per heavy atom. The van der Waals surface area contributed by atoms with Gasteiger partial charge in [-0.1, -0.05) is 15.9 Å². The zero-order valence-corrected chi connectivity index (χ0v) is 12.5. The van der Waals surface area contributed by atoms with Gasteiger partial charge in [-0.2, -0.15) is 5.10 Å². The average molecular weight is 308 g/mol. The molecule has 2 rings (SSSR count). The molecule has 96 valence electrons. The molecule has 2 aromatic rings. The molecule has 0 aliphatic heterocycles. The van der Waals surface area contributed by atoms with Crippen LogP contribution in [0, 0.1) is 6.92 Å². The second-order valence-corrected chi connectivity index (χ2v) is 5.31. The first-order valence-electron chi connectivity index (χ1n) is 6.15. The molecule has 0 saturated carbocycles. The second kappa shape index (κ2) is 5.57. The lowest BCUT2D eigenvalue weighted by Gasteiger charge is -2.14. The topological polar surface area (TPSA) is 29.9 Å². The molecule has 1 aromatic heterocycles. The highest BCUT2D eigenvalue weighted by Crippen LogP contribution is 2.23. The highest BCUT2D eigenvalue weighted by Gasteiger charge is 2.08. The van der Waals surface area contributed by atoms with Gasteiger partial charge in [0.1, 0.15) is 0 Å². The molecule has 1 N–H and O–H groups in total. The standard InChI is InChI=1S/C14H18BrN3/c1-4-18-9-12(8-16-18)11(3)17-13-5-6-14(15)10(2)7-13/h5-9,11,17H,4H2,1-3H3. The van der Waals surface area contributed by atoms with Gasteiger partial charge in [-0.25, -0.2) is 0 Å². The second-order valence-electron chi connectivity index (χ2n) is 4.46. The number of aromatic nitrogens is 2. The predicted molar refractivity (Wildman–Crippen MR) is 78.8 cm³/mol. The third-order valence-electron chi connectivity index (χ3n) is 3.02. The Kier molecular flexibility index (Phi) is 4.07. The van der Waals surface area contributed by atoms with E-state index in [1.54, 1.807) is 0 Å². The predicted octanol–water partition coefficient (Wildman–Crippen LogP) is 4.15. The van der Waals surface area contributed by atoms with Gasteiger partial charge in [0.15, 0.2) is 0 Å².